The van der Waals surface area contributed by atoms with Gasteiger partial charge in [-0.15, -0.1) is 23.2 Å². The Balaban J connectivity index is 4.37. The lowest BCUT2D eigenvalue weighted by atomic mass is 10.5. The van der Waals surface area contributed by atoms with Crippen LogP contribution in [0.1, 0.15) is 12.8 Å². The molecule has 0 aromatic carbocycles. The summed E-state index contributed by atoms with van der Waals surface area (Å²) in [5, 5.41) is 18.2. The van der Waals surface area contributed by atoms with Crippen molar-refractivity contribution in [2.75, 3.05) is 11.8 Å². The molecule has 2 unspecified atom stereocenters. The number of rotatable bonds is 6. The Bertz CT molecular complexity index is 211. The van der Waals surface area contributed by atoms with Crippen LogP contribution in [0, 0.1) is 0 Å². The molecule has 13 heavy (non-hydrogen) atoms. The SMILES string of the molecule is O=S(=O)(C(O)CCCl)C(O)CCCl. The van der Waals surface area contributed by atoms with Gasteiger partial charge in [-0.2, -0.15) is 0 Å². The Kier molecular flexibility index (Phi) is 6.24. The zero-order chi connectivity index (χ0) is 10.5. The molecule has 0 fully saturated rings. The number of hydrogen-bond donors (Lipinski definition) is 2. The highest BCUT2D eigenvalue weighted by molar-refractivity contribution is 7.92. The van der Waals surface area contributed by atoms with E-state index in [4.69, 9.17) is 33.4 Å². The minimum atomic E-state index is -3.92. The van der Waals surface area contributed by atoms with E-state index in [0.29, 0.717) is 0 Å². The molecule has 0 aliphatic rings. The molecule has 2 atom stereocenters. The molecule has 2 N–H and O–H groups in total. The van der Waals surface area contributed by atoms with Gasteiger partial charge >= 0.3 is 0 Å². The molecule has 0 aliphatic heterocycles. The van der Waals surface area contributed by atoms with Crippen molar-refractivity contribution in [3.8, 4) is 0 Å². The van der Waals surface area contributed by atoms with Crippen LogP contribution in [0.25, 0.3) is 0 Å². The highest BCUT2D eigenvalue weighted by Gasteiger charge is 2.30. The Morgan fingerprint density at radius 3 is 1.54 bits per heavy atom. The maximum absolute atomic E-state index is 11.2. The summed E-state index contributed by atoms with van der Waals surface area (Å²) in [4.78, 5) is 0. The molecule has 0 bridgehead atoms. The van der Waals surface area contributed by atoms with Gasteiger partial charge in [0.05, 0.1) is 0 Å². The van der Waals surface area contributed by atoms with Gasteiger partial charge in [-0.25, -0.2) is 8.42 Å². The van der Waals surface area contributed by atoms with Gasteiger partial charge in [0, 0.05) is 24.6 Å². The molecular formula is C6H12Cl2O4S. The van der Waals surface area contributed by atoms with Crippen LogP contribution in [0.4, 0.5) is 0 Å². The number of halogens is 2. The fourth-order valence-corrected chi connectivity index (χ4v) is 2.62. The van der Waals surface area contributed by atoms with Gasteiger partial charge < -0.3 is 10.2 Å². The number of aliphatic hydroxyl groups is 2. The molecule has 0 radical (unpaired) electrons. The van der Waals surface area contributed by atoms with Crippen molar-refractivity contribution in [2.24, 2.45) is 0 Å². The van der Waals surface area contributed by atoms with E-state index in [-0.39, 0.29) is 24.6 Å². The number of aliphatic hydroxyl groups excluding tert-OH is 2. The van der Waals surface area contributed by atoms with Crippen LogP contribution in [-0.2, 0) is 9.84 Å². The zero-order valence-electron chi connectivity index (χ0n) is 6.86. The van der Waals surface area contributed by atoms with E-state index in [1.165, 1.54) is 0 Å². The summed E-state index contributed by atoms with van der Waals surface area (Å²) in [7, 11) is -3.92. The van der Waals surface area contributed by atoms with E-state index in [9.17, 15) is 8.42 Å². The fourth-order valence-electron chi connectivity index (χ4n) is 0.697. The second-order valence-electron chi connectivity index (χ2n) is 2.45. The van der Waals surface area contributed by atoms with Crippen molar-refractivity contribution < 1.29 is 18.6 Å². The third-order valence-electron chi connectivity index (χ3n) is 1.47. The zero-order valence-corrected chi connectivity index (χ0v) is 9.19. The molecule has 0 aromatic rings. The van der Waals surface area contributed by atoms with E-state index in [1.54, 1.807) is 0 Å². The van der Waals surface area contributed by atoms with Crippen LogP contribution in [-0.4, -0.2) is 41.3 Å². The predicted molar refractivity (Wildman–Crippen MR) is 51.6 cm³/mol. The average Bonchev–Trinajstić information content (AvgIpc) is 2.05. The van der Waals surface area contributed by atoms with Crippen LogP contribution in [0.2, 0.25) is 0 Å². The Labute approximate surface area is 87.4 Å². The molecule has 0 amide bonds. The van der Waals surface area contributed by atoms with Gasteiger partial charge in [0.2, 0.25) is 9.84 Å². The molecule has 0 rings (SSSR count). The lowest BCUT2D eigenvalue weighted by Crippen LogP contribution is -2.32. The molecule has 4 nitrogen and oxygen atoms in total. The third kappa shape index (κ3) is 3.99. The molecule has 0 saturated heterocycles. The van der Waals surface area contributed by atoms with Crippen molar-refractivity contribution in [3.63, 3.8) is 0 Å². The minimum Gasteiger partial charge on any atom is -0.377 e. The van der Waals surface area contributed by atoms with E-state index in [0.717, 1.165) is 0 Å². The van der Waals surface area contributed by atoms with Gasteiger partial charge in [0.25, 0.3) is 0 Å². The second kappa shape index (κ2) is 6.03. The van der Waals surface area contributed by atoms with Gasteiger partial charge in [0.1, 0.15) is 0 Å². The number of alkyl halides is 2. The predicted octanol–water partition coefficient (Wildman–Crippen LogP) is 0.296. The summed E-state index contributed by atoms with van der Waals surface area (Å²) in [6.45, 7) is 0. The first-order valence-electron chi connectivity index (χ1n) is 3.67. The highest BCUT2D eigenvalue weighted by Crippen LogP contribution is 2.12. The topological polar surface area (TPSA) is 74.6 Å². The van der Waals surface area contributed by atoms with Gasteiger partial charge in [-0.3, -0.25) is 0 Å². The summed E-state index contributed by atoms with van der Waals surface area (Å²) in [6.07, 6.45) is -0.188. The van der Waals surface area contributed by atoms with Crippen molar-refractivity contribution in [2.45, 2.75) is 23.7 Å². The van der Waals surface area contributed by atoms with E-state index in [2.05, 4.69) is 0 Å². The first-order valence-corrected chi connectivity index (χ1v) is 6.35. The molecule has 7 heteroatoms. The van der Waals surface area contributed by atoms with Gasteiger partial charge in [-0.05, 0) is 0 Å². The maximum Gasteiger partial charge on any atom is 0.203 e. The normalized spacial score (nSPS) is 16.9. The molecule has 0 spiro atoms. The van der Waals surface area contributed by atoms with Crippen molar-refractivity contribution >= 4 is 33.0 Å². The lowest BCUT2D eigenvalue weighted by molar-refractivity contribution is 0.207. The first-order chi connectivity index (χ1) is 5.96. The summed E-state index contributed by atoms with van der Waals surface area (Å²) in [6, 6.07) is 0. The van der Waals surface area contributed by atoms with Crippen LogP contribution in [0.3, 0.4) is 0 Å². The van der Waals surface area contributed by atoms with Gasteiger partial charge in [0.15, 0.2) is 10.9 Å². The molecule has 0 aliphatic carbocycles. The first kappa shape index (κ1) is 13.4. The molecule has 80 valence electrons. The lowest BCUT2D eigenvalue weighted by Gasteiger charge is -2.14. The number of sulfone groups is 1. The number of hydrogen-bond acceptors (Lipinski definition) is 4. The van der Waals surface area contributed by atoms with Crippen LogP contribution in [0.5, 0.6) is 0 Å². The summed E-state index contributed by atoms with van der Waals surface area (Å²) >= 11 is 10.5. The van der Waals surface area contributed by atoms with Crippen LogP contribution in [0.15, 0.2) is 0 Å². The average molecular weight is 251 g/mol. The summed E-state index contributed by atoms with van der Waals surface area (Å²) in [5.41, 5.74) is -3.22. The quantitative estimate of drug-likeness (QED) is 0.665. The van der Waals surface area contributed by atoms with Gasteiger partial charge in [-0.1, -0.05) is 0 Å². The van der Waals surface area contributed by atoms with Crippen molar-refractivity contribution in [1.82, 2.24) is 0 Å². The highest BCUT2D eigenvalue weighted by atomic mass is 35.5. The maximum atomic E-state index is 11.2. The summed E-state index contributed by atoms with van der Waals surface area (Å²) < 4.78 is 22.4. The van der Waals surface area contributed by atoms with Crippen molar-refractivity contribution in [3.05, 3.63) is 0 Å². The third-order valence-corrected chi connectivity index (χ3v) is 3.90. The second-order valence-corrected chi connectivity index (χ2v) is 5.48. The Hall–Kier alpha value is 0.450. The fraction of sp³-hybridized carbons (Fsp3) is 1.00. The van der Waals surface area contributed by atoms with E-state index < -0.39 is 20.7 Å². The minimum absolute atomic E-state index is 0.0218. The van der Waals surface area contributed by atoms with Crippen LogP contribution < -0.4 is 0 Å². The molecule has 0 saturated carbocycles. The summed E-state index contributed by atoms with van der Waals surface area (Å²) in [5.74, 6) is 0.0436. The van der Waals surface area contributed by atoms with Crippen molar-refractivity contribution in [1.29, 1.82) is 0 Å². The Morgan fingerprint density at radius 2 is 1.31 bits per heavy atom. The van der Waals surface area contributed by atoms with Crippen LogP contribution >= 0.6 is 23.2 Å². The smallest absolute Gasteiger partial charge is 0.203 e. The molecular weight excluding hydrogens is 239 g/mol. The monoisotopic (exact) mass is 250 g/mol. The largest absolute Gasteiger partial charge is 0.377 e. The molecule has 0 heterocycles. The standard InChI is InChI=1S/C6H12Cl2O4S/c7-3-1-5(9)13(11,12)6(10)2-4-8/h5-6,9-10H,1-4H2. The molecule has 0 aromatic heterocycles. The van der Waals surface area contributed by atoms with E-state index in [1.807, 2.05) is 0 Å². The van der Waals surface area contributed by atoms with E-state index >= 15 is 0 Å². The Morgan fingerprint density at radius 1 is 1.00 bits per heavy atom.